The number of ether oxygens (including phenoxy) is 1. The first-order valence-corrected chi connectivity index (χ1v) is 7.09. The van der Waals surface area contributed by atoms with Gasteiger partial charge >= 0.3 is 0 Å². The molecule has 1 aromatic heterocycles. The Bertz CT molecular complexity index is 602. The van der Waals surface area contributed by atoms with E-state index < -0.39 is 0 Å². The Hall–Kier alpha value is -1.72. The number of hydrogen-bond donors (Lipinski definition) is 1. The Morgan fingerprint density at radius 3 is 2.85 bits per heavy atom. The van der Waals surface area contributed by atoms with E-state index in [9.17, 15) is 4.79 Å². The zero-order valence-electron chi connectivity index (χ0n) is 11.1. The molecule has 1 aromatic carbocycles. The Morgan fingerprint density at radius 1 is 1.30 bits per heavy atom. The minimum absolute atomic E-state index is 0.200. The molecule has 0 saturated carbocycles. The van der Waals surface area contributed by atoms with Crippen LogP contribution in [0.4, 0.5) is 5.69 Å². The fourth-order valence-electron chi connectivity index (χ4n) is 1.73. The summed E-state index contributed by atoms with van der Waals surface area (Å²) in [5.74, 6) is -0.200. The highest BCUT2D eigenvalue weighted by atomic mass is 79.9. The summed E-state index contributed by atoms with van der Waals surface area (Å²) in [7, 11) is 0. The van der Waals surface area contributed by atoms with Crippen LogP contribution in [-0.2, 0) is 11.3 Å². The van der Waals surface area contributed by atoms with Gasteiger partial charge in [0.1, 0.15) is 4.60 Å². The molecular formula is C15H15BrN2O2. The molecule has 1 N–H and O–H groups in total. The van der Waals surface area contributed by atoms with Crippen molar-refractivity contribution in [3.8, 4) is 0 Å². The van der Waals surface area contributed by atoms with E-state index in [2.05, 4.69) is 26.2 Å². The highest BCUT2D eigenvalue weighted by Gasteiger charge is 2.12. The van der Waals surface area contributed by atoms with Crippen LogP contribution in [0.15, 0.2) is 47.2 Å². The van der Waals surface area contributed by atoms with Gasteiger partial charge in [-0.05, 0) is 41.1 Å². The molecule has 104 valence electrons. The summed E-state index contributed by atoms with van der Waals surface area (Å²) < 4.78 is 5.93. The topological polar surface area (TPSA) is 51.2 Å². The molecule has 0 atom stereocenters. The third-order valence-corrected chi connectivity index (χ3v) is 3.36. The minimum Gasteiger partial charge on any atom is -0.377 e. The van der Waals surface area contributed by atoms with Gasteiger partial charge in [-0.25, -0.2) is 4.98 Å². The van der Waals surface area contributed by atoms with Gasteiger partial charge in [-0.3, -0.25) is 4.79 Å². The Kier molecular flexibility index (Phi) is 5.26. The van der Waals surface area contributed by atoms with Crippen LogP contribution in [0.25, 0.3) is 0 Å². The largest absolute Gasteiger partial charge is 0.377 e. The van der Waals surface area contributed by atoms with Gasteiger partial charge in [0, 0.05) is 24.1 Å². The van der Waals surface area contributed by atoms with E-state index in [0.717, 1.165) is 11.3 Å². The van der Waals surface area contributed by atoms with Crippen molar-refractivity contribution >= 4 is 27.5 Å². The lowest BCUT2D eigenvalue weighted by atomic mass is 10.1. The average Bonchev–Trinajstić information content (AvgIpc) is 2.46. The molecule has 0 unspecified atom stereocenters. The van der Waals surface area contributed by atoms with Gasteiger partial charge in [-0.2, -0.15) is 0 Å². The maximum Gasteiger partial charge on any atom is 0.258 e. The van der Waals surface area contributed by atoms with Crippen LogP contribution in [0.1, 0.15) is 22.8 Å². The van der Waals surface area contributed by atoms with Gasteiger partial charge in [-0.15, -0.1) is 0 Å². The van der Waals surface area contributed by atoms with Crippen LogP contribution in [0.2, 0.25) is 0 Å². The fourth-order valence-corrected chi connectivity index (χ4v) is 2.16. The highest BCUT2D eigenvalue weighted by molar-refractivity contribution is 9.10. The number of para-hydroxylation sites is 1. The summed E-state index contributed by atoms with van der Waals surface area (Å²) in [6.45, 7) is 3.05. The number of hydrogen-bond acceptors (Lipinski definition) is 3. The van der Waals surface area contributed by atoms with Crippen LogP contribution >= 0.6 is 15.9 Å². The summed E-state index contributed by atoms with van der Waals surface area (Å²) in [4.78, 5) is 16.3. The summed E-state index contributed by atoms with van der Waals surface area (Å²) in [5, 5.41) is 2.89. The Balaban J connectivity index is 2.18. The number of nitrogens with zero attached hydrogens (tertiary/aromatic N) is 1. The first-order chi connectivity index (χ1) is 9.72. The predicted octanol–water partition coefficient (Wildman–Crippen LogP) is 3.63. The standard InChI is InChI=1S/C15H15BrN2O2/c1-2-20-10-11-6-3-4-8-13(11)18-15(19)12-7-5-9-17-14(12)16/h3-9H,2,10H2,1H3,(H,18,19). The van der Waals surface area contributed by atoms with Crippen LogP contribution in [0.5, 0.6) is 0 Å². The van der Waals surface area contributed by atoms with E-state index in [4.69, 9.17) is 4.74 Å². The third-order valence-electron chi connectivity index (χ3n) is 2.73. The number of carbonyl (C=O) groups excluding carboxylic acids is 1. The number of pyridine rings is 1. The molecule has 0 fully saturated rings. The van der Waals surface area contributed by atoms with Crippen molar-refractivity contribution in [1.29, 1.82) is 0 Å². The van der Waals surface area contributed by atoms with Gasteiger partial charge in [0.25, 0.3) is 5.91 Å². The van der Waals surface area contributed by atoms with Crippen molar-refractivity contribution in [3.63, 3.8) is 0 Å². The Morgan fingerprint density at radius 2 is 2.10 bits per heavy atom. The van der Waals surface area contributed by atoms with Gasteiger partial charge in [0.15, 0.2) is 0 Å². The molecule has 1 heterocycles. The number of anilines is 1. The molecule has 0 spiro atoms. The molecule has 0 aliphatic heterocycles. The molecule has 1 amide bonds. The number of carbonyl (C=O) groups is 1. The van der Waals surface area contributed by atoms with Crippen LogP contribution in [0, 0.1) is 0 Å². The smallest absolute Gasteiger partial charge is 0.258 e. The molecule has 0 bridgehead atoms. The van der Waals surface area contributed by atoms with Crippen molar-refractivity contribution in [2.45, 2.75) is 13.5 Å². The van der Waals surface area contributed by atoms with E-state index in [0.29, 0.717) is 23.4 Å². The molecule has 2 aromatic rings. The first-order valence-electron chi connectivity index (χ1n) is 6.30. The SMILES string of the molecule is CCOCc1ccccc1NC(=O)c1cccnc1Br. The molecular weight excluding hydrogens is 320 g/mol. The lowest BCUT2D eigenvalue weighted by molar-refractivity contribution is 0.102. The molecule has 2 rings (SSSR count). The lowest BCUT2D eigenvalue weighted by Gasteiger charge is -2.11. The number of rotatable bonds is 5. The van der Waals surface area contributed by atoms with Gasteiger partial charge in [0.2, 0.25) is 0 Å². The third kappa shape index (κ3) is 3.65. The number of benzene rings is 1. The van der Waals surface area contributed by atoms with Crippen LogP contribution < -0.4 is 5.32 Å². The fraction of sp³-hybridized carbons (Fsp3) is 0.200. The summed E-state index contributed by atoms with van der Waals surface area (Å²) in [6, 6.07) is 11.0. The Labute approximate surface area is 126 Å². The zero-order chi connectivity index (χ0) is 14.4. The van der Waals surface area contributed by atoms with Crippen molar-refractivity contribution in [2.75, 3.05) is 11.9 Å². The molecule has 0 saturated heterocycles. The second kappa shape index (κ2) is 7.17. The van der Waals surface area contributed by atoms with Crippen molar-refractivity contribution in [3.05, 3.63) is 58.3 Å². The normalized spacial score (nSPS) is 10.3. The van der Waals surface area contributed by atoms with E-state index in [-0.39, 0.29) is 5.91 Å². The predicted molar refractivity (Wildman–Crippen MR) is 81.7 cm³/mol. The molecule has 20 heavy (non-hydrogen) atoms. The minimum atomic E-state index is -0.200. The van der Waals surface area contributed by atoms with E-state index in [1.807, 2.05) is 31.2 Å². The number of amides is 1. The van der Waals surface area contributed by atoms with E-state index >= 15 is 0 Å². The summed E-state index contributed by atoms with van der Waals surface area (Å²) >= 11 is 3.27. The van der Waals surface area contributed by atoms with E-state index in [1.54, 1.807) is 18.3 Å². The summed E-state index contributed by atoms with van der Waals surface area (Å²) in [5.41, 5.74) is 2.20. The lowest BCUT2D eigenvalue weighted by Crippen LogP contribution is -2.14. The van der Waals surface area contributed by atoms with Crippen LogP contribution in [-0.4, -0.2) is 17.5 Å². The number of halogens is 1. The second-order valence-electron chi connectivity index (χ2n) is 4.09. The monoisotopic (exact) mass is 334 g/mol. The average molecular weight is 335 g/mol. The highest BCUT2D eigenvalue weighted by Crippen LogP contribution is 2.19. The van der Waals surface area contributed by atoms with Crippen molar-refractivity contribution in [2.24, 2.45) is 0 Å². The van der Waals surface area contributed by atoms with Gasteiger partial charge in [-0.1, -0.05) is 18.2 Å². The van der Waals surface area contributed by atoms with E-state index in [1.165, 1.54) is 0 Å². The summed E-state index contributed by atoms with van der Waals surface area (Å²) in [6.07, 6.45) is 1.63. The number of aromatic nitrogens is 1. The van der Waals surface area contributed by atoms with Crippen molar-refractivity contribution < 1.29 is 9.53 Å². The zero-order valence-corrected chi connectivity index (χ0v) is 12.7. The second-order valence-corrected chi connectivity index (χ2v) is 4.84. The molecule has 4 nitrogen and oxygen atoms in total. The molecule has 0 radical (unpaired) electrons. The number of nitrogens with one attached hydrogen (secondary N) is 1. The maximum atomic E-state index is 12.2. The van der Waals surface area contributed by atoms with Gasteiger partial charge < -0.3 is 10.1 Å². The molecule has 0 aliphatic carbocycles. The first kappa shape index (κ1) is 14.7. The van der Waals surface area contributed by atoms with Crippen LogP contribution in [0.3, 0.4) is 0 Å². The maximum absolute atomic E-state index is 12.2. The van der Waals surface area contributed by atoms with Gasteiger partial charge in [0.05, 0.1) is 12.2 Å². The van der Waals surface area contributed by atoms with Crippen molar-refractivity contribution in [1.82, 2.24) is 4.98 Å². The quantitative estimate of drug-likeness (QED) is 0.849. The molecule has 0 aliphatic rings. The molecule has 5 heteroatoms.